The number of para-hydroxylation sites is 2. The molecular weight excluding hydrogens is 344 g/mol. The predicted molar refractivity (Wildman–Crippen MR) is 105 cm³/mol. The number of likely N-dealkylation sites (tertiary alicyclic amines) is 1. The molecule has 1 aromatic heterocycles. The van der Waals surface area contributed by atoms with Crippen LogP contribution >= 0.6 is 11.3 Å². The maximum Gasteiger partial charge on any atom is 0.263 e. The van der Waals surface area contributed by atoms with Gasteiger partial charge in [0, 0.05) is 19.0 Å². The Labute approximate surface area is 157 Å². The fraction of sp³-hybridized carbons (Fsp3) is 0.333. The summed E-state index contributed by atoms with van der Waals surface area (Å²) in [7, 11) is 0. The second-order valence-corrected chi connectivity index (χ2v) is 7.78. The third kappa shape index (κ3) is 3.58. The monoisotopic (exact) mass is 366 g/mol. The third-order valence-electron chi connectivity index (χ3n) is 4.80. The Kier molecular flexibility index (Phi) is 4.89. The van der Waals surface area contributed by atoms with Crippen molar-refractivity contribution in [3.63, 3.8) is 0 Å². The summed E-state index contributed by atoms with van der Waals surface area (Å²) in [6, 6.07) is 17.7. The van der Waals surface area contributed by atoms with Crippen molar-refractivity contribution in [3.05, 3.63) is 59.6 Å². The summed E-state index contributed by atoms with van der Waals surface area (Å²) in [5.74, 6) is 1.10. The van der Waals surface area contributed by atoms with Crippen molar-refractivity contribution in [2.24, 2.45) is 0 Å². The van der Waals surface area contributed by atoms with Gasteiger partial charge in [0.25, 0.3) is 5.91 Å². The van der Waals surface area contributed by atoms with Crippen molar-refractivity contribution >= 4 is 27.5 Å². The summed E-state index contributed by atoms with van der Waals surface area (Å²) in [4.78, 5) is 19.6. The molecule has 2 heterocycles. The van der Waals surface area contributed by atoms with Gasteiger partial charge in [-0.25, -0.2) is 4.98 Å². The second kappa shape index (κ2) is 7.46. The molecular formula is C21H22N2O2S. The molecule has 1 aliphatic rings. The van der Waals surface area contributed by atoms with E-state index in [1.54, 1.807) is 11.3 Å². The van der Waals surface area contributed by atoms with Crippen LogP contribution in [-0.2, 0) is 4.79 Å². The number of rotatable bonds is 4. The van der Waals surface area contributed by atoms with Gasteiger partial charge >= 0.3 is 0 Å². The van der Waals surface area contributed by atoms with Crippen LogP contribution in [0.3, 0.4) is 0 Å². The predicted octanol–water partition coefficient (Wildman–Crippen LogP) is 4.47. The zero-order valence-corrected chi connectivity index (χ0v) is 15.6. The van der Waals surface area contributed by atoms with E-state index in [9.17, 15) is 4.79 Å². The number of aromatic nitrogens is 1. The largest absolute Gasteiger partial charge is 0.481 e. The fourth-order valence-corrected chi connectivity index (χ4v) is 4.55. The SMILES string of the molecule is C[C@H](Oc1ccccc1)C(=O)N1CCC[C@@H](c2nc3ccccc3s2)C1. The molecule has 26 heavy (non-hydrogen) atoms. The Morgan fingerprint density at radius 1 is 1.19 bits per heavy atom. The van der Waals surface area contributed by atoms with Crippen LogP contribution in [0, 0.1) is 0 Å². The molecule has 1 amide bonds. The number of fused-ring (bicyclic) bond motifs is 1. The number of thiazole rings is 1. The van der Waals surface area contributed by atoms with Crippen LogP contribution in [0.15, 0.2) is 54.6 Å². The first kappa shape index (κ1) is 17.0. The number of nitrogens with zero attached hydrogens (tertiary/aromatic N) is 2. The minimum Gasteiger partial charge on any atom is -0.481 e. The van der Waals surface area contributed by atoms with Gasteiger partial charge in [-0.1, -0.05) is 30.3 Å². The second-order valence-electron chi connectivity index (χ2n) is 6.72. The first-order chi connectivity index (χ1) is 12.7. The van der Waals surface area contributed by atoms with Crippen molar-refractivity contribution in [1.82, 2.24) is 9.88 Å². The van der Waals surface area contributed by atoms with E-state index in [1.807, 2.05) is 54.3 Å². The van der Waals surface area contributed by atoms with E-state index in [2.05, 4.69) is 12.1 Å². The molecule has 3 aromatic rings. The van der Waals surface area contributed by atoms with Gasteiger partial charge in [0.15, 0.2) is 6.10 Å². The topological polar surface area (TPSA) is 42.4 Å². The Bertz CT molecular complexity index is 860. The number of hydrogen-bond donors (Lipinski definition) is 0. The summed E-state index contributed by atoms with van der Waals surface area (Å²) < 4.78 is 7.03. The maximum absolute atomic E-state index is 12.8. The summed E-state index contributed by atoms with van der Waals surface area (Å²) in [6.07, 6.45) is 1.61. The summed E-state index contributed by atoms with van der Waals surface area (Å²) in [6.45, 7) is 3.35. The molecule has 4 nitrogen and oxygen atoms in total. The molecule has 0 aliphatic carbocycles. The van der Waals surface area contributed by atoms with Crippen LogP contribution < -0.4 is 4.74 Å². The van der Waals surface area contributed by atoms with Gasteiger partial charge in [-0.05, 0) is 44.0 Å². The maximum atomic E-state index is 12.8. The van der Waals surface area contributed by atoms with E-state index in [0.29, 0.717) is 5.92 Å². The molecule has 5 heteroatoms. The molecule has 0 spiro atoms. The highest BCUT2D eigenvalue weighted by molar-refractivity contribution is 7.18. The standard InChI is InChI=1S/C21H22N2O2S/c1-15(25-17-9-3-2-4-10-17)21(24)23-13-7-8-16(14-23)20-22-18-11-5-6-12-19(18)26-20/h2-6,9-12,15-16H,7-8,13-14H2,1H3/t15-,16+/m0/s1. The highest BCUT2D eigenvalue weighted by Crippen LogP contribution is 2.33. The van der Waals surface area contributed by atoms with Crippen LogP contribution in [0.2, 0.25) is 0 Å². The minimum absolute atomic E-state index is 0.0552. The number of hydrogen-bond acceptors (Lipinski definition) is 4. The number of ether oxygens (including phenoxy) is 1. The Balaban J connectivity index is 1.44. The molecule has 1 saturated heterocycles. The smallest absolute Gasteiger partial charge is 0.263 e. The lowest BCUT2D eigenvalue weighted by molar-refractivity contribution is -0.139. The summed E-state index contributed by atoms with van der Waals surface area (Å²) in [5.41, 5.74) is 1.05. The number of carbonyl (C=O) groups excluding carboxylic acids is 1. The summed E-state index contributed by atoms with van der Waals surface area (Å²) >= 11 is 1.75. The lowest BCUT2D eigenvalue weighted by Crippen LogP contribution is -2.45. The quantitative estimate of drug-likeness (QED) is 0.684. The van der Waals surface area contributed by atoms with Gasteiger partial charge in [-0.15, -0.1) is 11.3 Å². The number of benzene rings is 2. The molecule has 2 atom stereocenters. The molecule has 4 rings (SSSR count). The van der Waals surface area contributed by atoms with Crippen molar-refractivity contribution in [3.8, 4) is 5.75 Å². The third-order valence-corrected chi connectivity index (χ3v) is 6.00. The highest BCUT2D eigenvalue weighted by atomic mass is 32.1. The van der Waals surface area contributed by atoms with Crippen molar-refractivity contribution in [2.75, 3.05) is 13.1 Å². The molecule has 1 aliphatic heterocycles. The van der Waals surface area contributed by atoms with Gasteiger partial charge in [0.2, 0.25) is 0 Å². The number of piperidine rings is 1. The Hall–Kier alpha value is -2.40. The molecule has 0 bridgehead atoms. The molecule has 0 radical (unpaired) electrons. The Morgan fingerprint density at radius 2 is 1.96 bits per heavy atom. The van der Waals surface area contributed by atoms with Crippen LogP contribution in [-0.4, -0.2) is 35.0 Å². The molecule has 0 saturated carbocycles. The molecule has 134 valence electrons. The van der Waals surface area contributed by atoms with E-state index in [-0.39, 0.29) is 5.91 Å². The first-order valence-electron chi connectivity index (χ1n) is 9.06. The number of carbonyl (C=O) groups is 1. The van der Waals surface area contributed by atoms with Crippen LogP contribution in [0.1, 0.15) is 30.7 Å². The molecule has 2 aromatic carbocycles. The lowest BCUT2D eigenvalue weighted by Gasteiger charge is -2.33. The van der Waals surface area contributed by atoms with Crippen LogP contribution in [0.25, 0.3) is 10.2 Å². The van der Waals surface area contributed by atoms with E-state index in [0.717, 1.165) is 42.2 Å². The zero-order chi connectivity index (χ0) is 17.9. The van der Waals surface area contributed by atoms with Crippen molar-refractivity contribution in [2.45, 2.75) is 31.8 Å². The first-order valence-corrected chi connectivity index (χ1v) is 9.88. The van der Waals surface area contributed by atoms with Gasteiger partial charge in [0.1, 0.15) is 5.75 Å². The highest BCUT2D eigenvalue weighted by Gasteiger charge is 2.30. The van der Waals surface area contributed by atoms with E-state index in [4.69, 9.17) is 9.72 Å². The van der Waals surface area contributed by atoms with Crippen molar-refractivity contribution < 1.29 is 9.53 Å². The van der Waals surface area contributed by atoms with Gasteiger partial charge in [-0.2, -0.15) is 0 Å². The van der Waals surface area contributed by atoms with Gasteiger partial charge in [0.05, 0.1) is 15.2 Å². The average molecular weight is 366 g/mol. The normalized spacial score (nSPS) is 18.7. The molecule has 0 N–H and O–H groups in total. The molecule has 1 fully saturated rings. The minimum atomic E-state index is -0.480. The van der Waals surface area contributed by atoms with Crippen LogP contribution in [0.5, 0.6) is 5.75 Å². The fourth-order valence-electron chi connectivity index (χ4n) is 3.45. The molecule has 0 unspecified atom stereocenters. The average Bonchev–Trinajstić information content (AvgIpc) is 3.12. The van der Waals surface area contributed by atoms with E-state index >= 15 is 0 Å². The van der Waals surface area contributed by atoms with E-state index < -0.39 is 6.10 Å². The van der Waals surface area contributed by atoms with E-state index in [1.165, 1.54) is 4.70 Å². The lowest BCUT2D eigenvalue weighted by atomic mass is 9.98. The van der Waals surface area contributed by atoms with Gasteiger partial charge < -0.3 is 9.64 Å². The summed E-state index contributed by atoms with van der Waals surface area (Å²) in [5, 5.41) is 1.14. The Morgan fingerprint density at radius 3 is 2.77 bits per heavy atom. The number of amides is 1. The van der Waals surface area contributed by atoms with Crippen molar-refractivity contribution in [1.29, 1.82) is 0 Å². The van der Waals surface area contributed by atoms with Gasteiger partial charge in [-0.3, -0.25) is 4.79 Å². The van der Waals surface area contributed by atoms with Crippen LogP contribution in [0.4, 0.5) is 0 Å². The zero-order valence-electron chi connectivity index (χ0n) is 14.8.